The molecule has 1 atom stereocenters. The molecule has 108 valence electrons. The van der Waals surface area contributed by atoms with Crippen molar-refractivity contribution in [3.63, 3.8) is 0 Å². The predicted molar refractivity (Wildman–Crippen MR) is 80.1 cm³/mol. The van der Waals surface area contributed by atoms with Crippen LogP contribution in [0.4, 0.5) is 5.69 Å². The minimum atomic E-state index is -0.553. The normalized spacial score (nSPS) is 17.0. The highest BCUT2D eigenvalue weighted by molar-refractivity contribution is 6.01. The number of amides is 2. The van der Waals surface area contributed by atoms with E-state index in [-0.39, 0.29) is 11.8 Å². The molecule has 21 heavy (non-hydrogen) atoms. The maximum absolute atomic E-state index is 12.3. The zero-order chi connectivity index (χ0) is 14.8. The van der Waals surface area contributed by atoms with Gasteiger partial charge in [-0.05, 0) is 36.2 Å². The molecule has 0 saturated heterocycles. The lowest BCUT2D eigenvalue weighted by atomic mass is 10.1. The number of aromatic nitrogens is 1. The lowest BCUT2D eigenvalue weighted by Crippen LogP contribution is -2.50. The molecule has 0 aliphatic carbocycles. The molecule has 2 heterocycles. The minimum absolute atomic E-state index is 0.198. The molecule has 1 aromatic carbocycles. The van der Waals surface area contributed by atoms with Gasteiger partial charge in [0.1, 0.15) is 11.7 Å². The first kappa shape index (κ1) is 13.4. The van der Waals surface area contributed by atoms with Gasteiger partial charge in [0, 0.05) is 11.9 Å². The predicted octanol–water partition coefficient (Wildman–Crippen LogP) is 1.80. The monoisotopic (exact) mass is 283 g/mol. The molecule has 2 N–H and O–H groups in total. The Morgan fingerprint density at radius 1 is 1.38 bits per heavy atom. The quantitative estimate of drug-likeness (QED) is 0.902. The van der Waals surface area contributed by atoms with Crippen LogP contribution < -0.4 is 10.6 Å². The van der Waals surface area contributed by atoms with Crippen LogP contribution in [-0.4, -0.2) is 22.4 Å². The van der Waals surface area contributed by atoms with Crippen LogP contribution in [0, 0.1) is 0 Å². The van der Waals surface area contributed by atoms with E-state index in [9.17, 15) is 9.59 Å². The number of hydrogen-bond acceptors (Lipinski definition) is 2. The summed E-state index contributed by atoms with van der Waals surface area (Å²) in [6.45, 7) is 2.52. The Labute approximate surface area is 123 Å². The van der Waals surface area contributed by atoms with Gasteiger partial charge in [-0.3, -0.25) is 9.59 Å². The number of benzene rings is 1. The molecule has 1 unspecified atom stereocenters. The summed E-state index contributed by atoms with van der Waals surface area (Å²) in [5.74, 6) is -0.412. The zero-order valence-corrected chi connectivity index (χ0v) is 11.8. The molecule has 1 aliphatic heterocycles. The van der Waals surface area contributed by atoms with Crippen molar-refractivity contribution in [1.29, 1.82) is 0 Å². The molecule has 0 spiro atoms. The average molecular weight is 283 g/mol. The Balaban J connectivity index is 1.73. The minimum Gasteiger partial charge on any atom is -0.341 e. The molecular formula is C16H17N3O2. The van der Waals surface area contributed by atoms with E-state index in [1.807, 2.05) is 30.5 Å². The number of fused-ring (bicyclic) bond motifs is 1. The molecule has 5 heteroatoms. The molecular weight excluding hydrogens is 266 g/mol. The molecule has 1 aliphatic rings. The van der Waals surface area contributed by atoms with Gasteiger partial charge in [-0.2, -0.15) is 0 Å². The van der Waals surface area contributed by atoms with Crippen LogP contribution in [0.3, 0.4) is 0 Å². The largest absolute Gasteiger partial charge is 0.341 e. The maximum atomic E-state index is 12.3. The maximum Gasteiger partial charge on any atom is 0.268 e. The van der Waals surface area contributed by atoms with Gasteiger partial charge in [0.25, 0.3) is 5.91 Å². The highest BCUT2D eigenvalue weighted by Gasteiger charge is 2.28. The first-order valence-corrected chi connectivity index (χ1v) is 7.03. The van der Waals surface area contributed by atoms with Crippen molar-refractivity contribution in [2.24, 2.45) is 0 Å². The summed E-state index contributed by atoms with van der Waals surface area (Å²) in [6.07, 6.45) is 2.72. The molecule has 3 rings (SSSR count). The SMILES string of the molecule is CCc1cccc(NC(=O)C2Cn3cccc3C(=O)N2)c1. The molecule has 0 fully saturated rings. The summed E-state index contributed by atoms with van der Waals surface area (Å²) in [7, 11) is 0. The second kappa shape index (κ2) is 5.44. The first-order valence-electron chi connectivity index (χ1n) is 7.03. The van der Waals surface area contributed by atoms with Crippen molar-refractivity contribution in [1.82, 2.24) is 9.88 Å². The van der Waals surface area contributed by atoms with Crippen LogP contribution in [-0.2, 0) is 17.8 Å². The fraction of sp³-hybridized carbons (Fsp3) is 0.250. The molecule has 1 aromatic heterocycles. The van der Waals surface area contributed by atoms with Crippen molar-refractivity contribution in [3.05, 3.63) is 53.9 Å². The van der Waals surface area contributed by atoms with Crippen molar-refractivity contribution in [2.75, 3.05) is 5.32 Å². The molecule has 0 saturated carbocycles. The van der Waals surface area contributed by atoms with Crippen LogP contribution in [0.5, 0.6) is 0 Å². The van der Waals surface area contributed by atoms with Crippen molar-refractivity contribution in [2.45, 2.75) is 25.9 Å². The van der Waals surface area contributed by atoms with Crippen LogP contribution in [0.25, 0.3) is 0 Å². The number of nitrogens with zero attached hydrogens (tertiary/aromatic N) is 1. The number of rotatable bonds is 3. The summed E-state index contributed by atoms with van der Waals surface area (Å²) in [5, 5.41) is 5.60. The van der Waals surface area contributed by atoms with Crippen LogP contribution in [0.15, 0.2) is 42.6 Å². The number of aryl methyl sites for hydroxylation is 1. The van der Waals surface area contributed by atoms with Crippen LogP contribution in [0.1, 0.15) is 23.0 Å². The molecule has 2 amide bonds. The fourth-order valence-electron chi connectivity index (χ4n) is 2.50. The lowest BCUT2D eigenvalue weighted by Gasteiger charge is -2.25. The van der Waals surface area contributed by atoms with E-state index in [1.54, 1.807) is 16.7 Å². The van der Waals surface area contributed by atoms with Gasteiger partial charge >= 0.3 is 0 Å². The van der Waals surface area contributed by atoms with E-state index in [0.29, 0.717) is 12.2 Å². The number of carbonyl (C=O) groups excluding carboxylic acids is 2. The van der Waals surface area contributed by atoms with Crippen molar-refractivity contribution >= 4 is 17.5 Å². The third-order valence-electron chi connectivity index (χ3n) is 3.67. The molecule has 0 bridgehead atoms. The average Bonchev–Trinajstić information content (AvgIpc) is 2.96. The fourth-order valence-corrected chi connectivity index (χ4v) is 2.50. The van der Waals surface area contributed by atoms with E-state index in [1.165, 1.54) is 0 Å². The van der Waals surface area contributed by atoms with Crippen LogP contribution >= 0.6 is 0 Å². The van der Waals surface area contributed by atoms with Gasteiger partial charge in [0.2, 0.25) is 5.91 Å². The summed E-state index contributed by atoms with van der Waals surface area (Å²) < 4.78 is 1.80. The molecule has 2 aromatic rings. The highest BCUT2D eigenvalue weighted by atomic mass is 16.2. The van der Waals surface area contributed by atoms with Gasteiger partial charge in [-0.15, -0.1) is 0 Å². The third kappa shape index (κ3) is 2.67. The number of anilines is 1. The van der Waals surface area contributed by atoms with Gasteiger partial charge in [-0.1, -0.05) is 19.1 Å². The van der Waals surface area contributed by atoms with Crippen molar-refractivity contribution in [3.8, 4) is 0 Å². The highest BCUT2D eigenvalue weighted by Crippen LogP contribution is 2.14. The van der Waals surface area contributed by atoms with Gasteiger partial charge in [-0.25, -0.2) is 0 Å². The van der Waals surface area contributed by atoms with E-state index < -0.39 is 6.04 Å². The summed E-state index contributed by atoms with van der Waals surface area (Å²) in [6, 6.07) is 10.7. The number of carbonyl (C=O) groups is 2. The second-order valence-corrected chi connectivity index (χ2v) is 5.12. The van der Waals surface area contributed by atoms with E-state index in [2.05, 4.69) is 17.6 Å². The second-order valence-electron chi connectivity index (χ2n) is 5.12. The topological polar surface area (TPSA) is 63.1 Å². The molecule has 0 radical (unpaired) electrons. The number of hydrogen-bond donors (Lipinski definition) is 2. The Hall–Kier alpha value is -2.56. The number of nitrogens with one attached hydrogen (secondary N) is 2. The van der Waals surface area contributed by atoms with Crippen LogP contribution in [0.2, 0.25) is 0 Å². The summed E-state index contributed by atoms with van der Waals surface area (Å²) >= 11 is 0. The third-order valence-corrected chi connectivity index (χ3v) is 3.67. The Kier molecular flexibility index (Phi) is 3.48. The van der Waals surface area contributed by atoms with Gasteiger partial charge in [0.05, 0.1) is 6.54 Å². The van der Waals surface area contributed by atoms with E-state index >= 15 is 0 Å². The van der Waals surface area contributed by atoms with Gasteiger partial charge in [0.15, 0.2) is 0 Å². The van der Waals surface area contributed by atoms with Crippen molar-refractivity contribution < 1.29 is 9.59 Å². The summed E-state index contributed by atoms with van der Waals surface area (Å²) in [4.78, 5) is 24.2. The van der Waals surface area contributed by atoms with Gasteiger partial charge < -0.3 is 15.2 Å². The first-order chi connectivity index (χ1) is 10.2. The summed E-state index contributed by atoms with van der Waals surface area (Å²) in [5.41, 5.74) is 2.51. The standard InChI is InChI=1S/C16H17N3O2/c1-2-11-5-3-6-12(9-11)17-15(20)13-10-19-8-4-7-14(19)16(21)18-13/h3-9,13H,2,10H2,1H3,(H,17,20)(H,18,21). The Bertz CT molecular complexity index is 690. The smallest absolute Gasteiger partial charge is 0.268 e. The van der Waals surface area contributed by atoms with E-state index in [0.717, 1.165) is 17.7 Å². The Morgan fingerprint density at radius 3 is 3.05 bits per heavy atom. The molecule has 5 nitrogen and oxygen atoms in total. The Morgan fingerprint density at radius 2 is 2.24 bits per heavy atom. The van der Waals surface area contributed by atoms with E-state index in [4.69, 9.17) is 0 Å². The zero-order valence-electron chi connectivity index (χ0n) is 11.8. The lowest BCUT2D eigenvalue weighted by molar-refractivity contribution is -0.118.